The maximum atomic E-state index is 12.9. The minimum atomic E-state index is -3.47. The summed E-state index contributed by atoms with van der Waals surface area (Å²) >= 11 is 0. The van der Waals surface area contributed by atoms with E-state index in [9.17, 15) is 8.42 Å². The Morgan fingerprint density at radius 2 is 2.00 bits per heavy atom. The number of hydrogen-bond donors (Lipinski definition) is 2. The summed E-state index contributed by atoms with van der Waals surface area (Å²) in [5, 5.41) is 9.86. The van der Waals surface area contributed by atoms with E-state index in [0.717, 1.165) is 12.8 Å². The Hall–Kier alpha value is -0.960. The standard InChI is InChI=1S/C13H25N5O2S/c1-10-13(12(9-14-2)16-15-10)21(19,20)18-7-5-11(6-8-18)17(3)4/h11,14H,5-9H2,1-4H3,(H,15,16). The molecule has 2 N–H and O–H groups in total. The predicted octanol–water partition coefficient (Wildman–Crippen LogP) is 0.152. The van der Waals surface area contributed by atoms with Crippen molar-refractivity contribution in [3.8, 4) is 0 Å². The molecule has 0 bridgehead atoms. The fraction of sp³-hybridized carbons (Fsp3) is 0.769. The molecule has 0 aromatic carbocycles. The van der Waals surface area contributed by atoms with Gasteiger partial charge in [-0.25, -0.2) is 8.42 Å². The van der Waals surface area contributed by atoms with Gasteiger partial charge in [-0.2, -0.15) is 9.40 Å². The number of nitrogens with one attached hydrogen (secondary N) is 2. The lowest BCUT2D eigenvalue weighted by Crippen LogP contribution is -2.44. The third-order valence-electron chi connectivity index (χ3n) is 4.06. The monoisotopic (exact) mass is 315 g/mol. The average molecular weight is 315 g/mol. The summed E-state index contributed by atoms with van der Waals surface area (Å²) in [5.74, 6) is 0. The maximum absolute atomic E-state index is 12.9. The highest BCUT2D eigenvalue weighted by atomic mass is 32.2. The van der Waals surface area contributed by atoms with E-state index in [1.165, 1.54) is 0 Å². The van der Waals surface area contributed by atoms with Gasteiger partial charge in [0.25, 0.3) is 0 Å². The molecule has 1 aliphatic heterocycles. The molecule has 1 fully saturated rings. The van der Waals surface area contributed by atoms with E-state index in [4.69, 9.17) is 0 Å². The van der Waals surface area contributed by atoms with Gasteiger partial charge in [-0.1, -0.05) is 0 Å². The fourth-order valence-corrected chi connectivity index (χ4v) is 4.62. The maximum Gasteiger partial charge on any atom is 0.246 e. The number of nitrogens with zero attached hydrogens (tertiary/aromatic N) is 3. The molecule has 2 heterocycles. The minimum absolute atomic E-state index is 0.333. The molecule has 0 aliphatic carbocycles. The summed E-state index contributed by atoms with van der Waals surface area (Å²) in [6.07, 6.45) is 1.73. The van der Waals surface area contributed by atoms with Crippen LogP contribution in [0.25, 0.3) is 0 Å². The van der Waals surface area contributed by atoms with Crippen LogP contribution in [0.5, 0.6) is 0 Å². The molecule has 2 rings (SSSR count). The molecule has 1 aromatic heterocycles. The first-order valence-corrected chi connectivity index (χ1v) is 8.67. The zero-order chi connectivity index (χ0) is 15.6. The van der Waals surface area contributed by atoms with E-state index in [1.807, 2.05) is 14.1 Å². The van der Waals surface area contributed by atoms with Gasteiger partial charge in [0, 0.05) is 25.7 Å². The number of piperidine rings is 1. The predicted molar refractivity (Wildman–Crippen MR) is 81.6 cm³/mol. The van der Waals surface area contributed by atoms with Crippen molar-refractivity contribution in [1.82, 2.24) is 24.7 Å². The summed E-state index contributed by atoms with van der Waals surface area (Å²) in [7, 11) is 2.39. The van der Waals surface area contributed by atoms with Crippen molar-refractivity contribution >= 4 is 10.0 Å². The van der Waals surface area contributed by atoms with Crippen LogP contribution in [0.2, 0.25) is 0 Å². The van der Waals surface area contributed by atoms with Crippen LogP contribution in [0.3, 0.4) is 0 Å². The Kier molecular flexibility index (Phi) is 5.03. The molecule has 0 unspecified atom stereocenters. The molecule has 0 amide bonds. The summed E-state index contributed by atoms with van der Waals surface area (Å²) in [6, 6.07) is 0.457. The van der Waals surface area contributed by atoms with Crippen molar-refractivity contribution in [2.75, 3.05) is 34.2 Å². The molecule has 1 saturated heterocycles. The van der Waals surface area contributed by atoms with Crippen LogP contribution in [-0.2, 0) is 16.6 Å². The number of H-pyrrole nitrogens is 1. The van der Waals surface area contributed by atoms with Gasteiger partial charge < -0.3 is 10.2 Å². The summed E-state index contributed by atoms with van der Waals surface area (Å²) in [6.45, 7) is 3.32. The molecular weight excluding hydrogens is 290 g/mol. The van der Waals surface area contributed by atoms with Crippen LogP contribution in [0.15, 0.2) is 4.90 Å². The average Bonchev–Trinajstić information content (AvgIpc) is 2.81. The van der Waals surface area contributed by atoms with Crippen LogP contribution < -0.4 is 5.32 Å². The molecule has 120 valence electrons. The number of aromatic amines is 1. The van der Waals surface area contributed by atoms with Crippen molar-refractivity contribution in [3.63, 3.8) is 0 Å². The number of aryl methyl sites for hydroxylation is 1. The molecular formula is C13H25N5O2S. The molecule has 0 radical (unpaired) electrons. The highest BCUT2D eigenvalue weighted by molar-refractivity contribution is 7.89. The van der Waals surface area contributed by atoms with Crippen LogP contribution in [0.1, 0.15) is 24.2 Å². The Labute approximate surface area is 126 Å². The van der Waals surface area contributed by atoms with Crippen molar-refractivity contribution < 1.29 is 8.42 Å². The Bertz CT molecular complexity index is 573. The smallest absolute Gasteiger partial charge is 0.246 e. The lowest BCUT2D eigenvalue weighted by Gasteiger charge is -2.34. The highest BCUT2D eigenvalue weighted by Gasteiger charge is 2.33. The normalized spacial score (nSPS) is 18.5. The number of aromatic nitrogens is 2. The molecule has 21 heavy (non-hydrogen) atoms. The van der Waals surface area contributed by atoms with Gasteiger partial charge in [0.1, 0.15) is 4.90 Å². The van der Waals surface area contributed by atoms with Gasteiger partial charge in [-0.3, -0.25) is 5.10 Å². The third kappa shape index (κ3) is 3.28. The van der Waals surface area contributed by atoms with Crippen molar-refractivity contribution in [2.24, 2.45) is 0 Å². The molecule has 1 aliphatic rings. The highest BCUT2D eigenvalue weighted by Crippen LogP contribution is 2.26. The van der Waals surface area contributed by atoms with Gasteiger partial charge >= 0.3 is 0 Å². The fourth-order valence-electron chi connectivity index (χ4n) is 2.83. The first kappa shape index (κ1) is 16.4. The van der Waals surface area contributed by atoms with E-state index in [2.05, 4.69) is 20.4 Å². The number of sulfonamides is 1. The number of rotatable bonds is 5. The molecule has 1 aromatic rings. The molecule has 0 atom stereocenters. The summed E-state index contributed by atoms with van der Waals surface area (Å²) < 4.78 is 27.3. The molecule has 0 saturated carbocycles. The lowest BCUT2D eigenvalue weighted by atomic mass is 10.1. The second kappa shape index (κ2) is 6.43. The van der Waals surface area contributed by atoms with Gasteiger partial charge in [0.05, 0.1) is 11.4 Å². The van der Waals surface area contributed by atoms with E-state index < -0.39 is 10.0 Å². The van der Waals surface area contributed by atoms with Gasteiger partial charge in [0.2, 0.25) is 10.0 Å². The zero-order valence-corrected chi connectivity index (χ0v) is 14.0. The van der Waals surface area contributed by atoms with Crippen LogP contribution >= 0.6 is 0 Å². The van der Waals surface area contributed by atoms with Crippen LogP contribution in [0.4, 0.5) is 0 Å². The second-order valence-electron chi connectivity index (χ2n) is 5.75. The Balaban J connectivity index is 2.22. The Morgan fingerprint density at radius 1 is 1.38 bits per heavy atom. The quantitative estimate of drug-likeness (QED) is 0.808. The summed E-state index contributed by atoms with van der Waals surface area (Å²) in [4.78, 5) is 2.50. The van der Waals surface area contributed by atoms with E-state index in [0.29, 0.717) is 42.0 Å². The first-order valence-electron chi connectivity index (χ1n) is 7.23. The number of hydrogen-bond acceptors (Lipinski definition) is 5. The first-order chi connectivity index (χ1) is 9.87. The van der Waals surface area contributed by atoms with Gasteiger partial charge in [0.15, 0.2) is 0 Å². The topological polar surface area (TPSA) is 81.3 Å². The lowest BCUT2D eigenvalue weighted by molar-refractivity contribution is 0.196. The molecule has 7 nitrogen and oxygen atoms in total. The van der Waals surface area contributed by atoms with E-state index in [-0.39, 0.29) is 0 Å². The van der Waals surface area contributed by atoms with E-state index >= 15 is 0 Å². The Morgan fingerprint density at radius 3 is 2.52 bits per heavy atom. The molecule has 0 spiro atoms. The van der Waals surface area contributed by atoms with Gasteiger partial charge in [-0.15, -0.1) is 0 Å². The molecule has 8 heteroatoms. The summed E-state index contributed by atoms with van der Waals surface area (Å²) in [5.41, 5.74) is 1.17. The van der Waals surface area contributed by atoms with E-state index in [1.54, 1.807) is 18.3 Å². The third-order valence-corrected chi connectivity index (χ3v) is 6.16. The minimum Gasteiger partial charge on any atom is -0.314 e. The van der Waals surface area contributed by atoms with Gasteiger partial charge in [-0.05, 0) is 40.9 Å². The zero-order valence-electron chi connectivity index (χ0n) is 13.2. The SMILES string of the molecule is CNCc1n[nH]c(C)c1S(=O)(=O)N1CCC(N(C)C)CC1. The van der Waals surface area contributed by atoms with Crippen molar-refractivity contribution in [2.45, 2.75) is 37.2 Å². The van der Waals surface area contributed by atoms with Crippen molar-refractivity contribution in [1.29, 1.82) is 0 Å². The van der Waals surface area contributed by atoms with Crippen LogP contribution in [-0.4, -0.2) is 68.1 Å². The second-order valence-corrected chi connectivity index (χ2v) is 7.63. The largest absolute Gasteiger partial charge is 0.314 e. The van der Waals surface area contributed by atoms with Crippen LogP contribution in [0, 0.1) is 6.92 Å². The van der Waals surface area contributed by atoms with Crippen molar-refractivity contribution in [3.05, 3.63) is 11.4 Å².